The highest BCUT2D eigenvalue weighted by Crippen LogP contribution is 2.21. The van der Waals surface area contributed by atoms with E-state index in [0.29, 0.717) is 0 Å². The molecule has 0 bridgehead atoms. The molecular formula is C16H15N5O3S. The second-order valence-corrected chi connectivity index (χ2v) is 7.30. The molecule has 25 heavy (non-hydrogen) atoms. The Morgan fingerprint density at radius 2 is 1.84 bits per heavy atom. The maximum atomic E-state index is 12.8. The first-order valence-corrected chi connectivity index (χ1v) is 9.02. The second-order valence-electron chi connectivity index (χ2n) is 5.39. The molecule has 3 rings (SSSR count). The largest absolute Gasteiger partial charge is 0.335 e. The van der Waals surface area contributed by atoms with Crippen LogP contribution in [-0.2, 0) is 10.0 Å². The lowest BCUT2D eigenvalue weighted by Gasteiger charge is -2.33. The van der Waals surface area contributed by atoms with E-state index in [1.807, 2.05) is 6.07 Å². The Morgan fingerprint density at radius 3 is 2.48 bits per heavy atom. The Hall–Kier alpha value is -2.83. The molecule has 1 amide bonds. The maximum absolute atomic E-state index is 12.8. The van der Waals surface area contributed by atoms with E-state index >= 15 is 0 Å². The minimum Gasteiger partial charge on any atom is -0.335 e. The van der Waals surface area contributed by atoms with Gasteiger partial charge in [0, 0.05) is 38.6 Å². The number of carbonyl (C=O) groups is 1. The first kappa shape index (κ1) is 17.0. The summed E-state index contributed by atoms with van der Waals surface area (Å²) in [5.74, 6) is -0.275. The van der Waals surface area contributed by atoms with Crippen molar-refractivity contribution >= 4 is 15.9 Å². The third kappa shape index (κ3) is 3.35. The molecule has 1 aliphatic heterocycles. The lowest BCUT2D eigenvalue weighted by Crippen LogP contribution is -2.50. The monoisotopic (exact) mass is 357 g/mol. The summed E-state index contributed by atoms with van der Waals surface area (Å²) in [5.41, 5.74) is 0.342. The van der Waals surface area contributed by atoms with Crippen LogP contribution in [0, 0.1) is 11.3 Å². The molecule has 2 aromatic rings. The molecule has 0 unspecified atom stereocenters. The molecule has 0 spiro atoms. The molecule has 0 N–H and O–H groups in total. The fraction of sp³-hybridized carbons (Fsp3) is 0.250. The van der Waals surface area contributed by atoms with Gasteiger partial charge in [0.1, 0.15) is 11.8 Å². The molecule has 8 nitrogen and oxygen atoms in total. The molecule has 0 radical (unpaired) electrons. The molecule has 0 atom stereocenters. The second kappa shape index (κ2) is 6.96. The normalized spacial score (nSPS) is 15.6. The molecule has 9 heteroatoms. The van der Waals surface area contributed by atoms with Crippen LogP contribution in [0.5, 0.6) is 0 Å². The molecular weight excluding hydrogens is 342 g/mol. The highest BCUT2D eigenvalue weighted by atomic mass is 32.2. The van der Waals surface area contributed by atoms with Gasteiger partial charge in [-0.05, 0) is 12.1 Å². The van der Waals surface area contributed by atoms with E-state index in [0.717, 1.165) is 0 Å². The van der Waals surface area contributed by atoms with E-state index in [4.69, 9.17) is 5.26 Å². The average molecular weight is 357 g/mol. The summed E-state index contributed by atoms with van der Waals surface area (Å²) in [6, 6.07) is 8.00. The summed E-state index contributed by atoms with van der Waals surface area (Å²) in [5, 5.41) is 9.12. The molecule has 2 heterocycles. The lowest BCUT2D eigenvalue weighted by molar-refractivity contribution is 0.0691. The molecule has 1 aliphatic rings. The van der Waals surface area contributed by atoms with Crippen LogP contribution < -0.4 is 0 Å². The first-order chi connectivity index (χ1) is 12.0. The summed E-state index contributed by atoms with van der Waals surface area (Å²) in [6.07, 6.45) is 4.30. The Morgan fingerprint density at radius 1 is 1.12 bits per heavy atom. The Bertz CT molecular complexity index is 916. The van der Waals surface area contributed by atoms with Gasteiger partial charge in [-0.2, -0.15) is 9.57 Å². The zero-order valence-corrected chi connectivity index (χ0v) is 14.1. The topological polar surface area (TPSA) is 107 Å². The van der Waals surface area contributed by atoms with E-state index in [1.165, 1.54) is 35.0 Å². The van der Waals surface area contributed by atoms with Crippen LogP contribution in [0.15, 0.2) is 47.8 Å². The van der Waals surface area contributed by atoms with Gasteiger partial charge in [0.25, 0.3) is 5.91 Å². The number of aromatic nitrogens is 2. The molecule has 0 aliphatic carbocycles. The predicted molar refractivity (Wildman–Crippen MR) is 87.9 cm³/mol. The van der Waals surface area contributed by atoms with Gasteiger partial charge in [-0.1, -0.05) is 12.1 Å². The first-order valence-electron chi connectivity index (χ1n) is 7.58. The van der Waals surface area contributed by atoms with Crippen LogP contribution in [0.25, 0.3) is 0 Å². The van der Waals surface area contributed by atoms with E-state index in [2.05, 4.69) is 9.97 Å². The number of piperazine rings is 1. The number of hydrogen-bond donors (Lipinski definition) is 0. The standard InChI is InChI=1S/C16H15N5O3S/c17-11-13-3-1-2-4-15(13)25(23,24)21-9-7-20(8-10-21)16(22)14-12-18-5-6-19-14/h1-6,12H,7-10H2. The Kier molecular flexibility index (Phi) is 4.74. The number of hydrogen-bond acceptors (Lipinski definition) is 6. The van der Waals surface area contributed by atoms with Crippen molar-refractivity contribution in [1.82, 2.24) is 19.2 Å². The van der Waals surface area contributed by atoms with Gasteiger partial charge in [0.15, 0.2) is 0 Å². The van der Waals surface area contributed by atoms with Crippen LogP contribution in [-0.4, -0.2) is 59.7 Å². The third-order valence-corrected chi connectivity index (χ3v) is 5.89. The van der Waals surface area contributed by atoms with Crippen LogP contribution in [0.1, 0.15) is 16.1 Å². The molecule has 1 saturated heterocycles. The molecule has 0 saturated carbocycles. The van der Waals surface area contributed by atoms with Gasteiger partial charge in [-0.15, -0.1) is 0 Å². The van der Waals surface area contributed by atoms with E-state index < -0.39 is 10.0 Å². The average Bonchev–Trinajstić information content (AvgIpc) is 2.68. The van der Waals surface area contributed by atoms with Crippen LogP contribution in [0.4, 0.5) is 0 Å². The minimum atomic E-state index is -3.77. The van der Waals surface area contributed by atoms with E-state index in [-0.39, 0.29) is 48.2 Å². The van der Waals surface area contributed by atoms with Crippen LogP contribution in [0.2, 0.25) is 0 Å². The molecule has 128 valence electrons. The number of sulfonamides is 1. The van der Waals surface area contributed by atoms with Crippen molar-refractivity contribution in [3.63, 3.8) is 0 Å². The fourth-order valence-corrected chi connectivity index (χ4v) is 4.19. The van der Waals surface area contributed by atoms with Crippen molar-refractivity contribution < 1.29 is 13.2 Å². The van der Waals surface area contributed by atoms with Gasteiger partial charge in [-0.3, -0.25) is 9.78 Å². The van der Waals surface area contributed by atoms with Crippen molar-refractivity contribution in [2.45, 2.75) is 4.90 Å². The fourth-order valence-electron chi connectivity index (χ4n) is 2.63. The van der Waals surface area contributed by atoms with Crippen LogP contribution in [0.3, 0.4) is 0 Å². The number of rotatable bonds is 3. The summed E-state index contributed by atoms with van der Waals surface area (Å²) in [6.45, 7) is 0.828. The molecule has 1 aromatic carbocycles. The summed E-state index contributed by atoms with van der Waals surface area (Å²) < 4.78 is 26.8. The Balaban J connectivity index is 1.74. The highest BCUT2D eigenvalue weighted by molar-refractivity contribution is 7.89. The van der Waals surface area contributed by atoms with Gasteiger partial charge in [-0.25, -0.2) is 13.4 Å². The number of nitriles is 1. The minimum absolute atomic E-state index is 0.00815. The van der Waals surface area contributed by atoms with Crippen molar-refractivity contribution in [3.05, 3.63) is 54.1 Å². The van der Waals surface area contributed by atoms with Crippen molar-refractivity contribution in [1.29, 1.82) is 5.26 Å². The Labute approximate surface area is 145 Å². The molecule has 1 fully saturated rings. The highest BCUT2D eigenvalue weighted by Gasteiger charge is 2.32. The van der Waals surface area contributed by atoms with Gasteiger partial charge < -0.3 is 4.90 Å². The van der Waals surface area contributed by atoms with Gasteiger partial charge >= 0.3 is 0 Å². The summed E-state index contributed by atoms with van der Waals surface area (Å²) >= 11 is 0. The zero-order valence-electron chi connectivity index (χ0n) is 13.2. The number of benzene rings is 1. The quantitative estimate of drug-likeness (QED) is 0.791. The van der Waals surface area contributed by atoms with E-state index in [9.17, 15) is 13.2 Å². The SMILES string of the molecule is N#Cc1ccccc1S(=O)(=O)N1CCN(C(=O)c2cnccn2)CC1. The van der Waals surface area contributed by atoms with E-state index in [1.54, 1.807) is 17.0 Å². The maximum Gasteiger partial charge on any atom is 0.274 e. The molecule has 1 aromatic heterocycles. The number of nitrogens with zero attached hydrogens (tertiary/aromatic N) is 5. The predicted octanol–water partition coefficient (Wildman–Crippen LogP) is 0.495. The van der Waals surface area contributed by atoms with Crippen molar-refractivity contribution in [2.75, 3.05) is 26.2 Å². The third-order valence-electron chi connectivity index (χ3n) is 3.93. The smallest absolute Gasteiger partial charge is 0.274 e. The number of amides is 1. The van der Waals surface area contributed by atoms with Crippen molar-refractivity contribution in [3.8, 4) is 6.07 Å². The zero-order chi connectivity index (χ0) is 17.9. The number of carbonyl (C=O) groups excluding carboxylic acids is 1. The van der Waals surface area contributed by atoms with Gasteiger partial charge in [0.05, 0.1) is 16.7 Å². The van der Waals surface area contributed by atoms with Crippen LogP contribution >= 0.6 is 0 Å². The van der Waals surface area contributed by atoms with Gasteiger partial charge in [0.2, 0.25) is 10.0 Å². The summed E-state index contributed by atoms with van der Waals surface area (Å²) in [4.78, 5) is 21.7. The van der Waals surface area contributed by atoms with Crippen molar-refractivity contribution in [2.24, 2.45) is 0 Å². The lowest BCUT2D eigenvalue weighted by atomic mass is 10.2. The summed E-state index contributed by atoms with van der Waals surface area (Å²) in [7, 11) is -3.77.